The predicted molar refractivity (Wildman–Crippen MR) is 104 cm³/mol. The smallest absolute Gasteiger partial charge is 0.225 e. The van der Waals surface area contributed by atoms with Crippen LogP contribution in [0.15, 0.2) is 42.6 Å². The van der Waals surface area contributed by atoms with Crippen LogP contribution in [0.3, 0.4) is 0 Å². The third-order valence-electron chi connectivity index (χ3n) is 4.66. The van der Waals surface area contributed by atoms with Crippen LogP contribution in [0.2, 0.25) is 0 Å². The van der Waals surface area contributed by atoms with Crippen LogP contribution in [-0.2, 0) is 16.4 Å². The first-order chi connectivity index (χ1) is 12.5. The van der Waals surface area contributed by atoms with Crippen molar-refractivity contribution in [2.24, 2.45) is 0 Å². The molecule has 3 rings (SSSR count). The number of aryl methyl sites for hydroxylation is 1. The van der Waals surface area contributed by atoms with Crippen LogP contribution >= 0.6 is 0 Å². The number of hydrogen-bond acceptors (Lipinski definition) is 5. The molecule has 2 heterocycles. The highest BCUT2D eigenvalue weighted by Gasteiger charge is 2.27. The Morgan fingerprint density at radius 1 is 1.04 bits per heavy atom. The van der Waals surface area contributed by atoms with E-state index in [1.807, 2.05) is 36.4 Å². The first-order valence-electron chi connectivity index (χ1n) is 9.05. The zero-order valence-electron chi connectivity index (χ0n) is 15.4. The lowest BCUT2D eigenvalue weighted by Crippen LogP contribution is -2.50. The summed E-state index contributed by atoms with van der Waals surface area (Å²) in [6.45, 7) is 6.39. The van der Waals surface area contributed by atoms with Crippen LogP contribution in [-0.4, -0.2) is 54.6 Å². The molecule has 2 aromatic rings. The Balaban J connectivity index is 1.58. The van der Waals surface area contributed by atoms with E-state index in [9.17, 15) is 8.42 Å². The molecule has 26 heavy (non-hydrogen) atoms. The molecule has 0 atom stereocenters. The van der Waals surface area contributed by atoms with E-state index in [0.29, 0.717) is 44.5 Å². The average molecular weight is 375 g/mol. The number of benzene rings is 1. The van der Waals surface area contributed by atoms with Crippen LogP contribution < -0.4 is 4.90 Å². The summed E-state index contributed by atoms with van der Waals surface area (Å²) >= 11 is 0. The quantitative estimate of drug-likeness (QED) is 0.776. The zero-order chi connectivity index (χ0) is 18.6. The van der Waals surface area contributed by atoms with E-state index in [-0.39, 0.29) is 5.75 Å². The molecule has 0 bridgehead atoms. The minimum atomic E-state index is -3.24. The lowest BCUT2D eigenvalue weighted by Gasteiger charge is -2.34. The molecule has 0 saturated carbocycles. The van der Waals surface area contributed by atoms with E-state index in [4.69, 9.17) is 0 Å². The summed E-state index contributed by atoms with van der Waals surface area (Å²) in [6, 6.07) is 11.7. The fraction of sp³-hybridized carbons (Fsp3) is 0.474. The van der Waals surface area contributed by atoms with E-state index in [2.05, 4.69) is 28.7 Å². The number of piperazine rings is 1. The highest BCUT2D eigenvalue weighted by atomic mass is 32.2. The van der Waals surface area contributed by atoms with Crippen molar-refractivity contribution in [3.05, 3.63) is 53.9 Å². The van der Waals surface area contributed by atoms with Crippen LogP contribution in [0, 0.1) is 0 Å². The summed E-state index contributed by atoms with van der Waals surface area (Å²) in [5, 5.41) is 0. The van der Waals surface area contributed by atoms with Crippen molar-refractivity contribution in [1.29, 1.82) is 0 Å². The summed E-state index contributed by atoms with van der Waals surface area (Å²) in [4.78, 5) is 11.0. The highest BCUT2D eigenvalue weighted by molar-refractivity contribution is 7.89. The molecule has 7 heteroatoms. The molecule has 1 saturated heterocycles. The van der Waals surface area contributed by atoms with Gasteiger partial charge in [-0.3, -0.25) is 0 Å². The van der Waals surface area contributed by atoms with Crippen molar-refractivity contribution in [3.63, 3.8) is 0 Å². The molecule has 0 unspecified atom stereocenters. The normalized spacial score (nSPS) is 16.2. The van der Waals surface area contributed by atoms with Crippen molar-refractivity contribution >= 4 is 16.0 Å². The third kappa shape index (κ3) is 4.59. The van der Waals surface area contributed by atoms with E-state index in [1.165, 1.54) is 0 Å². The Morgan fingerprint density at radius 3 is 2.38 bits per heavy atom. The Bertz CT molecular complexity index is 816. The number of rotatable bonds is 6. The van der Waals surface area contributed by atoms with Gasteiger partial charge in [-0.05, 0) is 24.0 Å². The predicted octanol–water partition coefficient (Wildman–Crippen LogP) is 2.29. The van der Waals surface area contributed by atoms with E-state index in [0.717, 1.165) is 11.3 Å². The molecule has 1 aliphatic heterocycles. The number of aromatic nitrogens is 2. The second kappa shape index (κ2) is 8.14. The molecule has 1 fully saturated rings. The van der Waals surface area contributed by atoms with Crippen molar-refractivity contribution in [3.8, 4) is 0 Å². The fourth-order valence-electron chi connectivity index (χ4n) is 3.02. The molecule has 0 radical (unpaired) electrons. The highest BCUT2D eigenvalue weighted by Crippen LogP contribution is 2.17. The van der Waals surface area contributed by atoms with Gasteiger partial charge >= 0.3 is 0 Å². The molecule has 0 aliphatic carbocycles. The van der Waals surface area contributed by atoms with Gasteiger partial charge in [-0.25, -0.2) is 18.4 Å². The van der Waals surface area contributed by atoms with Gasteiger partial charge in [0.15, 0.2) is 0 Å². The summed E-state index contributed by atoms with van der Waals surface area (Å²) in [5.74, 6) is 1.19. The molecule has 0 amide bonds. The second-order valence-electron chi connectivity index (χ2n) is 6.87. The maximum atomic E-state index is 12.6. The van der Waals surface area contributed by atoms with Gasteiger partial charge in [-0.15, -0.1) is 0 Å². The molecular formula is C19H26N4O2S. The standard InChI is InChI=1S/C19H26N4O2S/c1-16(2)18-8-10-20-19(21-18)22-11-13-23(14-12-22)26(24,25)15-9-17-6-4-3-5-7-17/h3-8,10,16H,9,11-15H2,1-2H3. The Labute approximate surface area is 155 Å². The largest absolute Gasteiger partial charge is 0.338 e. The lowest BCUT2D eigenvalue weighted by atomic mass is 10.1. The minimum Gasteiger partial charge on any atom is -0.338 e. The van der Waals surface area contributed by atoms with Gasteiger partial charge in [0, 0.05) is 38.1 Å². The van der Waals surface area contributed by atoms with Crippen molar-refractivity contribution in [1.82, 2.24) is 14.3 Å². The SMILES string of the molecule is CC(C)c1ccnc(N2CCN(S(=O)(=O)CCc3ccccc3)CC2)n1. The first kappa shape index (κ1) is 18.8. The maximum absolute atomic E-state index is 12.6. The van der Waals surface area contributed by atoms with Gasteiger partial charge in [0.1, 0.15) is 0 Å². The lowest BCUT2D eigenvalue weighted by molar-refractivity contribution is 0.382. The Hall–Kier alpha value is -1.99. The summed E-state index contributed by atoms with van der Waals surface area (Å²) < 4.78 is 26.8. The minimum absolute atomic E-state index is 0.149. The molecule has 1 aliphatic rings. The molecule has 6 nitrogen and oxygen atoms in total. The van der Waals surface area contributed by atoms with E-state index in [1.54, 1.807) is 10.5 Å². The summed E-state index contributed by atoms with van der Waals surface area (Å²) in [6.07, 6.45) is 2.32. The molecular weight excluding hydrogens is 348 g/mol. The van der Waals surface area contributed by atoms with Gasteiger partial charge in [-0.1, -0.05) is 44.2 Å². The number of hydrogen-bond donors (Lipinski definition) is 0. The number of nitrogens with zero attached hydrogens (tertiary/aromatic N) is 4. The number of anilines is 1. The van der Waals surface area contributed by atoms with Gasteiger partial charge < -0.3 is 4.90 Å². The summed E-state index contributed by atoms with van der Waals surface area (Å²) in [7, 11) is -3.24. The van der Waals surface area contributed by atoms with E-state index >= 15 is 0 Å². The summed E-state index contributed by atoms with van der Waals surface area (Å²) in [5.41, 5.74) is 2.06. The van der Waals surface area contributed by atoms with E-state index < -0.39 is 10.0 Å². The monoisotopic (exact) mass is 374 g/mol. The third-order valence-corrected chi connectivity index (χ3v) is 6.53. The number of sulfonamides is 1. The Kier molecular flexibility index (Phi) is 5.88. The fourth-order valence-corrected chi connectivity index (χ4v) is 4.49. The topological polar surface area (TPSA) is 66.4 Å². The Morgan fingerprint density at radius 2 is 1.73 bits per heavy atom. The molecule has 1 aromatic carbocycles. The van der Waals surface area contributed by atoms with Crippen LogP contribution in [0.1, 0.15) is 31.0 Å². The zero-order valence-corrected chi connectivity index (χ0v) is 16.2. The maximum Gasteiger partial charge on any atom is 0.225 e. The van der Waals surface area contributed by atoms with Gasteiger partial charge in [0.2, 0.25) is 16.0 Å². The average Bonchev–Trinajstić information content (AvgIpc) is 2.67. The van der Waals surface area contributed by atoms with Crippen LogP contribution in [0.25, 0.3) is 0 Å². The molecule has 1 aromatic heterocycles. The van der Waals surface area contributed by atoms with Gasteiger partial charge in [0.25, 0.3) is 0 Å². The molecule has 0 N–H and O–H groups in total. The van der Waals surface area contributed by atoms with Crippen molar-refractivity contribution < 1.29 is 8.42 Å². The molecule has 0 spiro atoms. The van der Waals surface area contributed by atoms with Crippen LogP contribution in [0.4, 0.5) is 5.95 Å². The van der Waals surface area contributed by atoms with Crippen molar-refractivity contribution in [2.45, 2.75) is 26.2 Å². The first-order valence-corrected chi connectivity index (χ1v) is 10.7. The van der Waals surface area contributed by atoms with Crippen LogP contribution in [0.5, 0.6) is 0 Å². The second-order valence-corrected chi connectivity index (χ2v) is 8.96. The van der Waals surface area contributed by atoms with Gasteiger partial charge in [-0.2, -0.15) is 4.31 Å². The van der Waals surface area contributed by atoms with Gasteiger partial charge in [0.05, 0.1) is 5.75 Å². The van der Waals surface area contributed by atoms with Crippen molar-refractivity contribution in [2.75, 3.05) is 36.8 Å². The molecule has 140 valence electrons.